The van der Waals surface area contributed by atoms with E-state index in [1.807, 2.05) is 20.8 Å². The molecule has 4 rings (SSSR count). The van der Waals surface area contributed by atoms with Crippen LogP contribution in [0.1, 0.15) is 86.0 Å². The van der Waals surface area contributed by atoms with Gasteiger partial charge in [0.25, 0.3) is 5.91 Å². The summed E-state index contributed by atoms with van der Waals surface area (Å²) in [5.74, 6) is -2.09. The Morgan fingerprint density at radius 2 is 1.68 bits per heavy atom. The molecule has 4 fully saturated rings. The second-order valence-electron chi connectivity index (χ2n) is 13.0. The minimum atomic E-state index is -1.04. The van der Waals surface area contributed by atoms with Crippen LogP contribution in [0.3, 0.4) is 0 Å². The zero-order chi connectivity index (χ0) is 25.3. The molecule has 1 aliphatic heterocycles. The van der Waals surface area contributed by atoms with Gasteiger partial charge < -0.3 is 21.7 Å². The molecule has 190 valence electrons. The molecule has 4 atom stereocenters. The lowest BCUT2D eigenvalue weighted by molar-refractivity contribution is -0.143. The highest BCUT2D eigenvalue weighted by molar-refractivity contribution is 6.37. The number of likely N-dealkylation sites (tertiary alicyclic amines) is 1. The lowest BCUT2D eigenvalue weighted by Gasteiger charge is -2.34. The maximum absolute atomic E-state index is 13.7. The average Bonchev–Trinajstić information content (AvgIpc) is 2.94. The minimum absolute atomic E-state index is 0.0337. The number of carbonyl (C=O) groups excluding carboxylic acids is 4. The van der Waals surface area contributed by atoms with Crippen molar-refractivity contribution in [2.45, 2.75) is 104 Å². The Kier molecular flexibility index (Phi) is 5.94. The van der Waals surface area contributed by atoms with Gasteiger partial charge in [0.1, 0.15) is 6.04 Å². The summed E-state index contributed by atoms with van der Waals surface area (Å²) in [4.78, 5) is 53.1. The van der Waals surface area contributed by atoms with Crippen LogP contribution in [0.5, 0.6) is 0 Å². The maximum Gasteiger partial charge on any atom is 0.287 e. The molecule has 0 aromatic carbocycles. The van der Waals surface area contributed by atoms with Crippen molar-refractivity contribution in [3.05, 3.63) is 0 Å². The lowest BCUT2D eigenvalue weighted by Crippen LogP contribution is -2.57. The van der Waals surface area contributed by atoms with Crippen molar-refractivity contribution in [3.8, 4) is 0 Å². The number of amides is 3. The normalized spacial score (nSPS) is 30.9. The van der Waals surface area contributed by atoms with E-state index in [0.29, 0.717) is 25.3 Å². The van der Waals surface area contributed by atoms with Crippen LogP contribution in [-0.4, -0.2) is 53.1 Å². The number of nitrogens with zero attached hydrogens (tertiary/aromatic N) is 1. The fourth-order valence-electron chi connectivity index (χ4n) is 7.35. The van der Waals surface area contributed by atoms with Crippen molar-refractivity contribution in [2.24, 2.45) is 39.0 Å². The SMILES string of the molecule is CC(C)(C)[C@@H](N)C(=O)N1CC2(C[C@H]1C(=O)NC(CC1CCC1)C(=O)C(N)=O)C(C)(C)C21CCC1. The van der Waals surface area contributed by atoms with E-state index in [2.05, 4.69) is 19.2 Å². The number of nitrogens with two attached hydrogens (primary N) is 2. The first kappa shape index (κ1) is 25.1. The number of ketones is 1. The molecule has 1 saturated heterocycles. The van der Waals surface area contributed by atoms with E-state index >= 15 is 0 Å². The first-order valence-corrected chi connectivity index (χ1v) is 12.9. The number of hydrogen-bond donors (Lipinski definition) is 3. The van der Waals surface area contributed by atoms with Gasteiger partial charge in [0.05, 0.1) is 12.1 Å². The highest BCUT2D eigenvalue weighted by Gasteiger charge is 2.85. The van der Waals surface area contributed by atoms with E-state index in [1.165, 1.54) is 6.42 Å². The zero-order valence-corrected chi connectivity index (χ0v) is 21.4. The van der Waals surface area contributed by atoms with E-state index in [1.54, 1.807) is 4.90 Å². The van der Waals surface area contributed by atoms with Crippen LogP contribution in [0.4, 0.5) is 0 Å². The third-order valence-electron chi connectivity index (χ3n) is 10.3. The highest BCUT2D eigenvalue weighted by Crippen LogP contribution is 2.88. The fraction of sp³-hybridized carbons (Fsp3) is 0.846. The van der Waals surface area contributed by atoms with Gasteiger partial charge >= 0.3 is 0 Å². The standard InChI is InChI=1S/C26H42N4O4/c1-23(2,3)19(27)22(34)30-14-26(24(4,5)25(26)10-7-11-25)13-17(30)21(33)29-16(18(31)20(28)32)12-15-8-6-9-15/h15-17,19H,6-14,27H2,1-5H3,(H2,28,32)(H,29,33)/t16?,17-,19-,26?/m0/s1. The van der Waals surface area contributed by atoms with Gasteiger partial charge in [-0.1, -0.05) is 60.3 Å². The molecule has 0 aromatic rings. The summed E-state index contributed by atoms with van der Waals surface area (Å²) in [6.07, 6.45) is 7.43. The molecule has 2 unspecified atom stereocenters. The zero-order valence-electron chi connectivity index (χ0n) is 21.4. The lowest BCUT2D eigenvalue weighted by atomic mass is 9.73. The summed E-state index contributed by atoms with van der Waals surface area (Å²) in [5.41, 5.74) is 11.3. The van der Waals surface area contributed by atoms with Crippen molar-refractivity contribution in [2.75, 3.05) is 6.54 Å². The third-order valence-corrected chi connectivity index (χ3v) is 10.3. The molecule has 3 aliphatic carbocycles. The Bertz CT molecular complexity index is 899. The number of primary amides is 1. The first-order chi connectivity index (χ1) is 15.7. The Hall–Kier alpha value is -1.96. The smallest absolute Gasteiger partial charge is 0.287 e. The van der Waals surface area contributed by atoms with E-state index < -0.39 is 35.2 Å². The maximum atomic E-state index is 13.7. The predicted octanol–water partition coefficient (Wildman–Crippen LogP) is 1.89. The molecule has 0 aromatic heterocycles. The van der Waals surface area contributed by atoms with Crippen molar-refractivity contribution in [1.29, 1.82) is 0 Å². The van der Waals surface area contributed by atoms with Gasteiger partial charge in [-0.05, 0) is 47.8 Å². The summed E-state index contributed by atoms with van der Waals surface area (Å²) >= 11 is 0. The number of hydrogen-bond acceptors (Lipinski definition) is 5. The molecule has 3 saturated carbocycles. The van der Waals surface area contributed by atoms with Crippen LogP contribution in [0, 0.1) is 27.6 Å². The number of carbonyl (C=O) groups is 4. The topological polar surface area (TPSA) is 136 Å². The monoisotopic (exact) mass is 474 g/mol. The van der Waals surface area contributed by atoms with Gasteiger partial charge in [-0.2, -0.15) is 0 Å². The van der Waals surface area contributed by atoms with Crippen molar-refractivity contribution in [1.82, 2.24) is 10.2 Å². The van der Waals surface area contributed by atoms with Crippen LogP contribution in [0.25, 0.3) is 0 Å². The Morgan fingerprint density at radius 3 is 2.09 bits per heavy atom. The Balaban J connectivity index is 1.60. The largest absolute Gasteiger partial charge is 0.363 e. The molecule has 0 radical (unpaired) electrons. The van der Waals surface area contributed by atoms with Gasteiger partial charge in [0, 0.05) is 12.0 Å². The summed E-state index contributed by atoms with van der Waals surface area (Å²) in [7, 11) is 0. The summed E-state index contributed by atoms with van der Waals surface area (Å²) in [5, 5.41) is 2.83. The van der Waals surface area contributed by atoms with Crippen molar-refractivity contribution >= 4 is 23.5 Å². The second kappa shape index (κ2) is 8.04. The fourth-order valence-corrected chi connectivity index (χ4v) is 7.35. The number of rotatable bonds is 7. The molecule has 3 amide bonds. The molecular formula is C26H42N4O4. The van der Waals surface area contributed by atoms with E-state index in [-0.39, 0.29) is 28.1 Å². The van der Waals surface area contributed by atoms with Crippen molar-refractivity contribution in [3.63, 3.8) is 0 Å². The van der Waals surface area contributed by atoms with Gasteiger partial charge in [0.2, 0.25) is 17.6 Å². The van der Waals surface area contributed by atoms with E-state index in [9.17, 15) is 19.2 Å². The molecular weight excluding hydrogens is 432 g/mol. The molecule has 34 heavy (non-hydrogen) atoms. The number of fused-ring (bicyclic) bond motifs is 1. The van der Waals surface area contributed by atoms with Crippen LogP contribution in [0.15, 0.2) is 0 Å². The predicted molar refractivity (Wildman–Crippen MR) is 128 cm³/mol. The van der Waals surface area contributed by atoms with Crippen LogP contribution in [-0.2, 0) is 19.2 Å². The molecule has 1 heterocycles. The first-order valence-electron chi connectivity index (χ1n) is 12.9. The van der Waals surface area contributed by atoms with Gasteiger partial charge in [-0.15, -0.1) is 0 Å². The van der Waals surface area contributed by atoms with Crippen LogP contribution in [0.2, 0.25) is 0 Å². The van der Waals surface area contributed by atoms with Crippen LogP contribution >= 0.6 is 0 Å². The van der Waals surface area contributed by atoms with Crippen LogP contribution < -0.4 is 16.8 Å². The highest BCUT2D eigenvalue weighted by atomic mass is 16.2. The minimum Gasteiger partial charge on any atom is -0.363 e. The molecule has 4 aliphatic rings. The van der Waals surface area contributed by atoms with Gasteiger partial charge in [0.15, 0.2) is 0 Å². The average molecular weight is 475 g/mol. The molecule has 8 heteroatoms. The van der Waals surface area contributed by atoms with Gasteiger partial charge in [-0.3, -0.25) is 19.2 Å². The van der Waals surface area contributed by atoms with E-state index in [0.717, 1.165) is 32.1 Å². The summed E-state index contributed by atoms with van der Waals surface area (Å²) in [6, 6.07) is -2.38. The number of nitrogens with one attached hydrogen (secondary N) is 1. The molecule has 2 spiro atoms. The summed E-state index contributed by atoms with van der Waals surface area (Å²) in [6.45, 7) is 10.8. The van der Waals surface area contributed by atoms with Gasteiger partial charge in [-0.25, -0.2) is 0 Å². The quantitative estimate of drug-likeness (QED) is 0.484. The molecule has 5 N–H and O–H groups in total. The Labute approximate surface area is 202 Å². The summed E-state index contributed by atoms with van der Waals surface area (Å²) < 4.78 is 0. The second-order valence-corrected chi connectivity index (χ2v) is 13.0. The van der Waals surface area contributed by atoms with Crippen molar-refractivity contribution < 1.29 is 19.2 Å². The molecule has 0 bridgehead atoms. The van der Waals surface area contributed by atoms with E-state index in [4.69, 9.17) is 11.5 Å². The Morgan fingerprint density at radius 1 is 1.06 bits per heavy atom. The number of Topliss-reactive ketones (excluding diaryl/α,β-unsaturated/α-hetero) is 1. The molecule has 8 nitrogen and oxygen atoms in total. The third kappa shape index (κ3) is 3.50.